The molecule has 0 aliphatic carbocycles. The summed E-state index contributed by atoms with van der Waals surface area (Å²) < 4.78 is 1.81. The fourth-order valence-corrected chi connectivity index (χ4v) is 2.50. The van der Waals surface area contributed by atoms with Gasteiger partial charge in [0, 0.05) is 23.0 Å². The second-order valence-electron chi connectivity index (χ2n) is 5.00. The first-order valence-electron chi connectivity index (χ1n) is 7.06. The average Bonchev–Trinajstić information content (AvgIpc) is 2.85. The van der Waals surface area contributed by atoms with Crippen molar-refractivity contribution in [1.82, 2.24) is 14.8 Å². The molecule has 0 saturated heterocycles. The number of benzene rings is 1. The molecule has 2 heterocycles. The van der Waals surface area contributed by atoms with E-state index in [-0.39, 0.29) is 0 Å². The van der Waals surface area contributed by atoms with Crippen molar-refractivity contribution in [3.8, 4) is 16.9 Å². The second kappa shape index (κ2) is 5.40. The van der Waals surface area contributed by atoms with Gasteiger partial charge < -0.3 is 5.73 Å². The topological polar surface area (TPSA) is 56.7 Å². The Balaban J connectivity index is 2.19. The Morgan fingerprint density at radius 1 is 1.14 bits per heavy atom. The molecule has 0 bridgehead atoms. The maximum Gasteiger partial charge on any atom is 0.131 e. The number of rotatable bonds is 3. The lowest BCUT2D eigenvalue weighted by Crippen LogP contribution is -2.02. The van der Waals surface area contributed by atoms with Gasteiger partial charge in [-0.25, -0.2) is 4.68 Å². The molecule has 21 heavy (non-hydrogen) atoms. The SMILES string of the molecule is CCc1c(-c2ccnc(C)c2)nn(-c2ccccc2)c1N. The van der Waals surface area contributed by atoms with Crippen molar-refractivity contribution >= 4 is 5.82 Å². The van der Waals surface area contributed by atoms with Crippen LogP contribution in [0.2, 0.25) is 0 Å². The van der Waals surface area contributed by atoms with Crippen LogP contribution in [0.5, 0.6) is 0 Å². The molecule has 0 unspecified atom stereocenters. The molecule has 0 amide bonds. The Kier molecular flexibility index (Phi) is 3.44. The van der Waals surface area contributed by atoms with Gasteiger partial charge in [0.2, 0.25) is 0 Å². The van der Waals surface area contributed by atoms with Crippen molar-refractivity contribution in [2.75, 3.05) is 5.73 Å². The Morgan fingerprint density at radius 3 is 2.57 bits per heavy atom. The highest BCUT2D eigenvalue weighted by Gasteiger charge is 2.16. The van der Waals surface area contributed by atoms with Crippen LogP contribution in [0, 0.1) is 6.92 Å². The molecule has 0 aliphatic heterocycles. The molecule has 0 saturated carbocycles. The normalized spacial score (nSPS) is 10.8. The summed E-state index contributed by atoms with van der Waals surface area (Å²) in [5, 5.41) is 4.73. The molecule has 0 aliphatic rings. The summed E-state index contributed by atoms with van der Waals surface area (Å²) in [6, 6.07) is 14.0. The Labute approximate surface area is 124 Å². The van der Waals surface area contributed by atoms with E-state index in [9.17, 15) is 0 Å². The van der Waals surface area contributed by atoms with Crippen molar-refractivity contribution in [3.63, 3.8) is 0 Å². The molecule has 106 valence electrons. The van der Waals surface area contributed by atoms with Crippen molar-refractivity contribution in [2.24, 2.45) is 0 Å². The van der Waals surface area contributed by atoms with E-state index in [0.717, 1.165) is 34.6 Å². The van der Waals surface area contributed by atoms with Gasteiger partial charge in [-0.1, -0.05) is 25.1 Å². The monoisotopic (exact) mass is 278 g/mol. The van der Waals surface area contributed by atoms with Gasteiger partial charge in [0.15, 0.2) is 0 Å². The zero-order valence-electron chi connectivity index (χ0n) is 12.2. The smallest absolute Gasteiger partial charge is 0.131 e. The summed E-state index contributed by atoms with van der Waals surface area (Å²) in [6.45, 7) is 4.08. The largest absolute Gasteiger partial charge is 0.383 e. The predicted octanol–water partition coefficient (Wildman–Crippen LogP) is 3.39. The number of nitrogen functional groups attached to an aromatic ring is 1. The number of anilines is 1. The highest BCUT2D eigenvalue weighted by molar-refractivity contribution is 5.69. The number of aromatic nitrogens is 3. The van der Waals surface area contributed by atoms with Crippen LogP contribution in [0.1, 0.15) is 18.2 Å². The molecule has 4 heteroatoms. The summed E-state index contributed by atoms with van der Waals surface area (Å²) in [7, 11) is 0. The van der Waals surface area contributed by atoms with Gasteiger partial charge in [-0.15, -0.1) is 0 Å². The van der Waals surface area contributed by atoms with Crippen LogP contribution < -0.4 is 5.73 Å². The summed E-state index contributed by atoms with van der Waals surface area (Å²) in [6.07, 6.45) is 2.65. The number of aryl methyl sites for hydroxylation is 1. The first-order valence-corrected chi connectivity index (χ1v) is 7.06. The fourth-order valence-electron chi connectivity index (χ4n) is 2.50. The van der Waals surface area contributed by atoms with Gasteiger partial charge in [-0.3, -0.25) is 4.98 Å². The molecule has 4 nitrogen and oxygen atoms in total. The molecule has 2 aromatic heterocycles. The molecule has 0 spiro atoms. The number of pyridine rings is 1. The first-order chi connectivity index (χ1) is 10.2. The van der Waals surface area contributed by atoms with Crippen LogP contribution >= 0.6 is 0 Å². The van der Waals surface area contributed by atoms with Gasteiger partial charge in [0.25, 0.3) is 0 Å². The van der Waals surface area contributed by atoms with Crippen LogP contribution in [0.15, 0.2) is 48.7 Å². The molecule has 3 aromatic rings. The van der Waals surface area contributed by atoms with Crippen LogP contribution in [-0.2, 0) is 6.42 Å². The number of hydrogen-bond acceptors (Lipinski definition) is 3. The van der Waals surface area contributed by atoms with Crippen LogP contribution in [0.4, 0.5) is 5.82 Å². The van der Waals surface area contributed by atoms with Crippen molar-refractivity contribution in [1.29, 1.82) is 0 Å². The van der Waals surface area contributed by atoms with Crippen molar-refractivity contribution < 1.29 is 0 Å². The van der Waals surface area contributed by atoms with E-state index in [4.69, 9.17) is 10.8 Å². The lowest BCUT2D eigenvalue weighted by atomic mass is 10.1. The summed E-state index contributed by atoms with van der Waals surface area (Å²) in [5.74, 6) is 0.702. The minimum absolute atomic E-state index is 0.702. The molecular formula is C17H18N4. The van der Waals surface area contributed by atoms with E-state index in [1.807, 2.05) is 60.3 Å². The lowest BCUT2D eigenvalue weighted by Gasteiger charge is -2.03. The van der Waals surface area contributed by atoms with E-state index in [0.29, 0.717) is 5.82 Å². The Morgan fingerprint density at radius 2 is 1.90 bits per heavy atom. The molecule has 0 radical (unpaired) electrons. The van der Waals surface area contributed by atoms with E-state index in [2.05, 4.69) is 11.9 Å². The van der Waals surface area contributed by atoms with E-state index < -0.39 is 0 Å². The second-order valence-corrected chi connectivity index (χ2v) is 5.00. The third-order valence-corrected chi connectivity index (χ3v) is 3.55. The summed E-state index contributed by atoms with van der Waals surface area (Å²) in [4.78, 5) is 4.24. The molecule has 3 rings (SSSR count). The van der Waals surface area contributed by atoms with Crippen LogP contribution in [-0.4, -0.2) is 14.8 Å². The van der Waals surface area contributed by atoms with Gasteiger partial charge in [0.1, 0.15) is 5.82 Å². The Bertz CT molecular complexity index is 760. The third-order valence-electron chi connectivity index (χ3n) is 3.55. The number of para-hydroxylation sites is 1. The van der Waals surface area contributed by atoms with E-state index >= 15 is 0 Å². The molecule has 1 aromatic carbocycles. The third kappa shape index (κ3) is 2.40. The molecular weight excluding hydrogens is 260 g/mol. The standard InChI is InChI=1S/C17H18N4/c1-3-15-16(13-9-10-19-12(2)11-13)20-21(17(15)18)14-7-5-4-6-8-14/h4-11H,3,18H2,1-2H3. The minimum Gasteiger partial charge on any atom is -0.383 e. The predicted molar refractivity (Wildman–Crippen MR) is 85.3 cm³/mol. The highest BCUT2D eigenvalue weighted by atomic mass is 15.3. The minimum atomic E-state index is 0.702. The fraction of sp³-hybridized carbons (Fsp3) is 0.176. The van der Waals surface area contributed by atoms with E-state index in [1.165, 1.54) is 0 Å². The summed E-state index contributed by atoms with van der Waals surface area (Å²) in [5.41, 5.74) is 11.3. The zero-order valence-corrected chi connectivity index (χ0v) is 12.2. The molecule has 0 fully saturated rings. The maximum atomic E-state index is 6.31. The highest BCUT2D eigenvalue weighted by Crippen LogP contribution is 2.29. The lowest BCUT2D eigenvalue weighted by molar-refractivity contribution is 0.894. The molecule has 0 atom stereocenters. The van der Waals surface area contributed by atoms with Crippen LogP contribution in [0.3, 0.4) is 0 Å². The van der Waals surface area contributed by atoms with E-state index in [1.54, 1.807) is 0 Å². The quantitative estimate of drug-likeness (QED) is 0.799. The van der Waals surface area contributed by atoms with Gasteiger partial charge in [-0.2, -0.15) is 5.10 Å². The number of hydrogen-bond donors (Lipinski definition) is 1. The zero-order chi connectivity index (χ0) is 14.8. The van der Waals surface area contributed by atoms with Gasteiger partial charge in [0.05, 0.1) is 11.4 Å². The van der Waals surface area contributed by atoms with Gasteiger partial charge in [-0.05, 0) is 37.6 Å². The maximum absolute atomic E-state index is 6.31. The van der Waals surface area contributed by atoms with Gasteiger partial charge >= 0.3 is 0 Å². The van der Waals surface area contributed by atoms with Crippen LogP contribution in [0.25, 0.3) is 16.9 Å². The Hall–Kier alpha value is -2.62. The average molecular weight is 278 g/mol. The number of nitrogens with two attached hydrogens (primary N) is 1. The summed E-state index contributed by atoms with van der Waals surface area (Å²) >= 11 is 0. The number of nitrogens with zero attached hydrogens (tertiary/aromatic N) is 3. The molecule has 2 N–H and O–H groups in total. The first kappa shape index (κ1) is 13.4. The van der Waals surface area contributed by atoms with Crippen molar-refractivity contribution in [2.45, 2.75) is 20.3 Å². The van der Waals surface area contributed by atoms with Crippen molar-refractivity contribution in [3.05, 3.63) is 59.9 Å².